The number of nitrogens with one attached hydrogen (secondary N) is 2. The molecular weight excluding hydrogens is 439 g/mol. The number of ether oxygens (including phenoxy) is 1. The summed E-state index contributed by atoms with van der Waals surface area (Å²) >= 11 is 11.8. The van der Waals surface area contributed by atoms with Crippen molar-refractivity contribution in [3.63, 3.8) is 0 Å². The summed E-state index contributed by atoms with van der Waals surface area (Å²) in [6.45, 7) is 0. The Balaban J connectivity index is 1.76. The van der Waals surface area contributed by atoms with Gasteiger partial charge in [-0.15, -0.1) is 0 Å². The molecule has 0 atom stereocenters. The number of carbonyl (C=O) groups is 1. The van der Waals surface area contributed by atoms with Crippen LogP contribution in [-0.4, -0.2) is 31.4 Å². The van der Waals surface area contributed by atoms with Crippen LogP contribution in [0.1, 0.15) is 10.4 Å². The van der Waals surface area contributed by atoms with Gasteiger partial charge in [0.25, 0.3) is 21.8 Å². The summed E-state index contributed by atoms with van der Waals surface area (Å²) in [4.78, 5) is 20.1. The van der Waals surface area contributed by atoms with Gasteiger partial charge >= 0.3 is 0 Å². The smallest absolute Gasteiger partial charge is 0.263 e. The molecule has 2 N–H and O–H groups in total. The number of anilines is 2. The van der Waals surface area contributed by atoms with Crippen LogP contribution < -0.4 is 14.8 Å². The summed E-state index contributed by atoms with van der Waals surface area (Å²) < 4.78 is 32.4. The Bertz CT molecular complexity index is 1130. The first-order valence-corrected chi connectivity index (χ1v) is 10.3. The molecule has 2 aromatic carbocycles. The molecule has 1 heterocycles. The third-order valence-corrected chi connectivity index (χ3v) is 5.43. The number of nitrogens with zero attached hydrogens (tertiary/aromatic N) is 2. The van der Waals surface area contributed by atoms with E-state index in [4.69, 9.17) is 27.9 Å². The minimum Gasteiger partial charge on any atom is -0.478 e. The molecule has 0 unspecified atom stereocenters. The monoisotopic (exact) mass is 452 g/mol. The van der Waals surface area contributed by atoms with E-state index in [2.05, 4.69) is 20.0 Å². The van der Waals surface area contributed by atoms with Crippen molar-refractivity contribution in [1.82, 2.24) is 9.97 Å². The summed E-state index contributed by atoms with van der Waals surface area (Å²) in [5.74, 6) is -0.433. The number of hydrogen-bond donors (Lipinski definition) is 2. The summed E-state index contributed by atoms with van der Waals surface area (Å²) in [5, 5.41) is 3.30. The van der Waals surface area contributed by atoms with Crippen molar-refractivity contribution in [3.05, 3.63) is 70.5 Å². The SMILES string of the molecule is COc1nccnc1NS(=O)(=O)c1ccc(NC(=O)c2cc(Cl)cc(Cl)c2)cc1. The molecule has 1 amide bonds. The largest absolute Gasteiger partial charge is 0.478 e. The number of sulfonamides is 1. The van der Waals surface area contributed by atoms with Crippen molar-refractivity contribution in [2.24, 2.45) is 0 Å². The molecule has 0 fully saturated rings. The van der Waals surface area contributed by atoms with E-state index < -0.39 is 15.9 Å². The highest BCUT2D eigenvalue weighted by Crippen LogP contribution is 2.23. The van der Waals surface area contributed by atoms with E-state index in [0.29, 0.717) is 15.7 Å². The first-order valence-electron chi connectivity index (χ1n) is 8.04. The lowest BCUT2D eigenvalue weighted by Crippen LogP contribution is -2.15. The molecule has 0 spiro atoms. The van der Waals surface area contributed by atoms with Gasteiger partial charge < -0.3 is 10.1 Å². The van der Waals surface area contributed by atoms with Gasteiger partial charge in [0.2, 0.25) is 5.82 Å². The van der Waals surface area contributed by atoms with Gasteiger partial charge in [-0.3, -0.25) is 9.52 Å². The van der Waals surface area contributed by atoms with Crippen LogP contribution in [0.3, 0.4) is 0 Å². The van der Waals surface area contributed by atoms with Crippen LogP contribution in [0.4, 0.5) is 11.5 Å². The number of rotatable bonds is 6. The van der Waals surface area contributed by atoms with Crippen LogP contribution in [0.2, 0.25) is 10.0 Å². The molecule has 0 saturated heterocycles. The fourth-order valence-electron chi connectivity index (χ4n) is 2.34. The van der Waals surface area contributed by atoms with Crippen LogP contribution in [0.15, 0.2) is 59.8 Å². The lowest BCUT2D eigenvalue weighted by atomic mass is 10.2. The Morgan fingerprint density at radius 3 is 2.24 bits per heavy atom. The van der Waals surface area contributed by atoms with E-state index >= 15 is 0 Å². The number of carbonyl (C=O) groups excluding carboxylic acids is 1. The van der Waals surface area contributed by atoms with Crippen molar-refractivity contribution in [2.45, 2.75) is 4.90 Å². The molecule has 0 aliphatic rings. The molecular formula is C18H14Cl2N4O4S. The summed E-state index contributed by atoms with van der Waals surface area (Å²) in [5.41, 5.74) is 0.665. The van der Waals surface area contributed by atoms with Gasteiger partial charge in [-0.1, -0.05) is 23.2 Å². The predicted octanol–water partition coefficient (Wildman–Crippen LogP) is 3.85. The fourth-order valence-corrected chi connectivity index (χ4v) is 3.87. The van der Waals surface area contributed by atoms with Crippen LogP contribution in [0, 0.1) is 0 Å². The first kappa shape index (κ1) is 20.8. The average molecular weight is 453 g/mol. The lowest BCUT2D eigenvalue weighted by molar-refractivity contribution is 0.102. The summed E-state index contributed by atoms with van der Waals surface area (Å²) in [6, 6.07) is 10.0. The fraction of sp³-hybridized carbons (Fsp3) is 0.0556. The van der Waals surface area contributed by atoms with Gasteiger partial charge in [0.15, 0.2) is 0 Å². The number of methoxy groups -OCH3 is 1. The minimum absolute atomic E-state index is 0.0333. The molecule has 0 aliphatic heterocycles. The third-order valence-electron chi connectivity index (χ3n) is 3.64. The topological polar surface area (TPSA) is 110 Å². The standard InChI is InChI=1S/C18H14Cl2N4O4S/c1-28-18-16(21-6-7-22-18)24-29(26,27)15-4-2-14(3-5-15)23-17(25)11-8-12(19)10-13(20)9-11/h2-10H,1H3,(H,21,24)(H,23,25). The van der Waals surface area contributed by atoms with Gasteiger partial charge in [-0.2, -0.15) is 0 Å². The highest BCUT2D eigenvalue weighted by atomic mass is 35.5. The Kier molecular flexibility index (Phi) is 6.21. The Hall–Kier alpha value is -2.88. The number of amides is 1. The second-order valence-electron chi connectivity index (χ2n) is 5.66. The van der Waals surface area contributed by atoms with E-state index in [0.717, 1.165) is 0 Å². The molecule has 3 aromatic rings. The molecule has 11 heteroatoms. The van der Waals surface area contributed by atoms with Crippen LogP contribution >= 0.6 is 23.2 Å². The van der Waals surface area contributed by atoms with E-state index in [1.807, 2.05) is 0 Å². The molecule has 8 nitrogen and oxygen atoms in total. The maximum atomic E-state index is 12.5. The molecule has 0 radical (unpaired) electrons. The van der Waals surface area contributed by atoms with Crippen LogP contribution in [0.25, 0.3) is 0 Å². The quantitative estimate of drug-likeness (QED) is 0.587. The molecule has 150 valence electrons. The van der Waals surface area contributed by atoms with Crippen molar-refractivity contribution in [3.8, 4) is 5.88 Å². The van der Waals surface area contributed by atoms with E-state index in [-0.39, 0.29) is 22.2 Å². The van der Waals surface area contributed by atoms with Gasteiger partial charge in [0.05, 0.1) is 12.0 Å². The molecule has 3 rings (SSSR count). The van der Waals surface area contributed by atoms with Crippen molar-refractivity contribution < 1.29 is 17.9 Å². The Morgan fingerprint density at radius 2 is 1.62 bits per heavy atom. The first-order chi connectivity index (χ1) is 13.8. The second-order valence-corrected chi connectivity index (χ2v) is 8.21. The molecule has 0 saturated carbocycles. The zero-order valence-electron chi connectivity index (χ0n) is 14.9. The van der Waals surface area contributed by atoms with Gasteiger partial charge in [-0.25, -0.2) is 18.4 Å². The zero-order chi connectivity index (χ0) is 21.0. The van der Waals surface area contributed by atoms with Crippen LogP contribution in [-0.2, 0) is 10.0 Å². The molecule has 0 bridgehead atoms. The van der Waals surface area contributed by atoms with Crippen LogP contribution in [0.5, 0.6) is 5.88 Å². The Labute approximate surface area is 176 Å². The highest BCUT2D eigenvalue weighted by molar-refractivity contribution is 7.92. The second kappa shape index (κ2) is 8.64. The zero-order valence-corrected chi connectivity index (χ0v) is 17.2. The van der Waals surface area contributed by atoms with E-state index in [1.165, 1.54) is 62.0 Å². The normalized spacial score (nSPS) is 11.0. The number of benzene rings is 2. The number of halogens is 2. The molecule has 0 aliphatic carbocycles. The number of aromatic nitrogens is 2. The summed E-state index contributed by atoms with van der Waals surface area (Å²) in [6.07, 6.45) is 2.71. The van der Waals surface area contributed by atoms with Crippen molar-refractivity contribution in [1.29, 1.82) is 0 Å². The van der Waals surface area contributed by atoms with Gasteiger partial charge in [0.1, 0.15) is 0 Å². The maximum absolute atomic E-state index is 12.5. The average Bonchev–Trinajstić information content (AvgIpc) is 2.68. The summed E-state index contributed by atoms with van der Waals surface area (Å²) in [7, 11) is -2.58. The molecule has 29 heavy (non-hydrogen) atoms. The molecule has 1 aromatic heterocycles. The van der Waals surface area contributed by atoms with Crippen molar-refractivity contribution >= 4 is 50.6 Å². The predicted molar refractivity (Wildman–Crippen MR) is 110 cm³/mol. The maximum Gasteiger partial charge on any atom is 0.263 e. The van der Waals surface area contributed by atoms with Gasteiger partial charge in [0, 0.05) is 33.7 Å². The highest BCUT2D eigenvalue weighted by Gasteiger charge is 2.18. The van der Waals surface area contributed by atoms with Gasteiger partial charge in [-0.05, 0) is 42.5 Å². The Morgan fingerprint density at radius 1 is 1.00 bits per heavy atom. The minimum atomic E-state index is -3.93. The lowest BCUT2D eigenvalue weighted by Gasteiger charge is -2.10. The van der Waals surface area contributed by atoms with Crippen molar-refractivity contribution in [2.75, 3.05) is 17.1 Å². The van der Waals surface area contributed by atoms with E-state index in [1.54, 1.807) is 0 Å². The van der Waals surface area contributed by atoms with E-state index in [9.17, 15) is 13.2 Å². The number of hydrogen-bond acceptors (Lipinski definition) is 6. The third kappa shape index (κ3) is 5.14.